The Balaban J connectivity index is 2.08. The maximum atomic E-state index is 6.20. The quantitative estimate of drug-likeness (QED) is 0.817. The second-order valence-electron chi connectivity index (χ2n) is 7.55. The summed E-state index contributed by atoms with van der Waals surface area (Å²) >= 11 is 0. The number of nitrogens with zero attached hydrogens (tertiary/aromatic N) is 3. The third kappa shape index (κ3) is 2.58. The van der Waals surface area contributed by atoms with Crippen LogP contribution in [0.2, 0.25) is 0 Å². The molecule has 0 bridgehead atoms. The molecule has 1 saturated heterocycles. The minimum absolute atomic E-state index is 0.333. The van der Waals surface area contributed by atoms with E-state index in [4.69, 9.17) is 14.3 Å². The Morgan fingerprint density at radius 3 is 2.30 bits per heavy atom. The van der Waals surface area contributed by atoms with Gasteiger partial charge in [-0.05, 0) is 54.0 Å². The summed E-state index contributed by atoms with van der Waals surface area (Å²) in [5.74, 6) is 0. The molecule has 0 unspecified atom stereocenters. The molecule has 2 aromatic heterocycles. The van der Waals surface area contributed by atoms with Gasteiger partial charge < -0.3 is 13.9 Å². The maximum Gasteiger partial charge on any atom is 0.496 e. The number of fused-ring (bicyclic) bond motifs is 1. The lowest BCUT2D eigenvalue weighted by Gasteiger charge is -2.32. The van der Waals surface area contributed by atoms with Gasteiger partial charge in [-0.1, -0.05) is 6.92 Å². The molecular weight excluding hydrogens is 289 g/mol. The molecule has 0 saturated carbocycles. The van der Waals surface area contributed by atoms with Gasteiger partial charge in [-0.25, -0.2) is 9.97 Å². The van der Waals surface area contributed by atoms with Crippen LogP contribution in [0.1, 0.15) is 60.2 Å². The average Bonchev–Trinajstić information content (AvgIpc) is 2.95. The molecule has 23 heavy (non-hydrogen) atoms. The first-order valence-corrected chi connectivity index (χ1v) is 8.38. The largest absolute Gasteiger partial charge is 0.496 e. The SMILES string of the molecule is CCc1nc2c(cc1B1OC(C)(C)C(C)(C)O1)ncn2C(C)C. The monoisotopic (exact) mass is 315 g/mol. The molecule has 0 amide bonds. The van der Waals surface area contributed by atoms with Crippen molar-refractivity contribution in [3.63, 3.8) is 0 Å². The zero-order valence-electron chi connectivity index (χ0n) is 15.2. The Kier molecular flexibility index (Phi) is 3.80. The number of hydrogen-bond donors (Lipinski definition) is 0. The van der Waals surface area contributed by atoms with Crippen LogP contribution in [0, 0.1) is 0 Å². The van der Waals surface area contributed by atoms with Crippen molar-refractivity contribution >= 4 is 23.7 Å². The molecule has 2 aromatic rings. The number of pyridine rings is 1. The lowest BCUT2D eigenvalue weighted by atomic mass is 9.77. The van der Waals surface area contributed by atoms with Gasteiger partial charge in [0.25, 0.3) is 0 Å². The highest BCUT2D eigenvalue weighted by molar-refractivity contribution is 6.62. The second-order valence-corrected chi connectivity index (χ2v) is 7.55. The van der Waals surface area contributed by atoms with Gasteiger partial charge in [0.05, 0.1) is 17.5 Å². The number of hydrogen-bond acceptors (Lipinski definition) is 4. The maximum absolute atomic E-state index is 6.20. The van der Waals surface area contributed by atoms with Crippen LogP contribution in [-0.2, 0) is 15.7 Å². The van der Waals surface area contributed by atoms with Gasteiger partial charge in [-0.15, -0.1) is 0 Å². The highest BCUT2D eigenvalue weighted by Gasteiger charge is 2.52. The van der Waals surface area contributed by atoms with Gasteiger partial charge in [0.15, 0.2) is 5.65 Å². The molecule has 0 N–H and O–H groups in total. The third-order valence-corrected chi connectivity index (χ3v) is 5.06. The number of aromatic nitrogens is 3. The normalized spacial score (nSPS) is 19.9. The minimum Gasteiger partial charge on any atom is -0.399 e. The smallest absolute Gasteiger partial charge is 0.399 e. The van der Waals surface area contributed by atoms with Crippen molar-refractivity contribution < 1.29 is 9.31 Å². The fourth-order valence-corrected chi connectivity index (χ4v) is 2.84. The lowest BCUT2D eigenvalue weighted by Crippen LogP contribution is -2.41. The Labute approximate surface area is 138 Å². The van der Waals surface area contributed by atoms with Gasteiger partial charge in [0.2, 0.25) is 0 Å². The topological polar surface area (TPSA) is 49.2 Å². The zero-order valence-corrected chi connectivity index (χ0v) is 15.2. The summed E-state index contributed by atoms with van der Waals surface area (Å²) in [5, 5.41) is 0. The number of rotatable bonds is 3. The molecule has 124 valence electrons. The van der Waals surface area contributed by atoms with Crippen LogP contribution in [0.5, 0.6) is 0 Å². The predicted octanol–water partition coefficient (Wildman–Crippen LogP) is 2.87. The van der Waals surface area contributed by atoms with E-state index in [1.54, 1.807) is 0 Å². The molecule has 1 aliphatic rings. The van der Waals surface area contributed by atoms with E-state index in [9.17, 15) is 0 Å². The van der Waals surface area contributed by atoms with Crippen LogP contribution in [-0.4, -0.2) is 32.9 Å². The van der Waals surface area contributed by atoms with Gasteiger partial charge in [-0.2, -0.15) is 0 Å². The van der Waals surface area contributed by atoms with Crippen LogP contribution in [0.25, 0.3) is 11.2 Å². The lowest BCUT2D eigenvalue weighted by molar-refractivity contribution is 0.00578. The first kappa shape index (κ1) is 16.5. The van der Waals surface area contributed by atoms with E-state index in [2.05, 4.69) is 64.1 Å². The van der Waals surface area contributed by atoms with Crippen molar-refractivity contribution in [3.05, 3.63) is 18.1 Å². The van der Waals surface area contributed by atoms with Gasteiger partial charge in [-0.3, -0.25) is 0 Å². The number of aryl methyl sites for hydroxylation is 1. The van der Waals surface area contributed by atoms with Gasteiger partial charge in [0, 0.05) is 17.2 Å². The molecule has 0 atom stereocenters. The van der Waals surface area contributed by atoms with Crippen molar-refractivity contribution in [2.45, 2.75) is 72.1 Å². The Bertz CT molecular complexity index is 721. The van der Waals surface area contributed by atoms with E-state index in [0.717, 1.165) is 28.7 Å². The van der Waals surface area contributed by atoms with E-state index >= 15 is 0 Å². The summed E-state index contributed by atoms with van der Waals surface area (Å²) < 4.78 is 14.5. The van der Waals surface area contributed by atoms with Crippen molar-refractivity contribution in [1.29, 1.82) is 0 Å². The van der Waals surface area contributed by atoms with Crippen molar-refractivity contribution in [2.24, 2.45) is 0 Å². The summed E-state index contributed by atoms with van der Waals surface area (Å²) in [6.07, 6.45) is 2.69. The van der Waals surface area contributed by atoms with Crippen molar-refractivity contribution in [2.75, 3.05) is 0 Å². The summed E-state index contributed by atoms with van der Waals surface area (Å²) in [6.45, 7) is 14.7. The van der Waals surface area contributed by atoms with Crippen LogP contribution in [0.4, 0.5) is 0 Å². The van der Waals surface area contributed by atoms with E-state index in [-0.39, 0.29) is 11.2 Å². The molecule has 3 rings (SSSR count). The molecule has 0 spiro atoms. The Morgan fingerprint density at radius 1 is 1.17 bits per heavy atom. The minimum atomic E-state index is -0.393. The Morgan fingerprint density at radius 2 is 1.78 bits per heavy atom. The van der Waals surface area contributed by atoms with E-state index < -0.39 is 7.12 Å². The third-order valence-electron chi connectivity index (χ3n) is 5.06. The standard InChI is InChI=1S/C17H26BN3O2/c1-8-13-12(18-22-16(4,5)17(6,7)23-18)9-14-15(20-13)21(10-19-14)11(2)3/h9-11H,8H2,1-7H3. The summed E-state index contributed by atoms with van der Waals surface area (Å²) in [7, 11) is -0.393. The fraction of sp³-hybridized carbons (Fsp3) is 0.647. The molecule has 0 aromatic carbocycles. The molecule has 5 nitrogen and oxygen atoms in total. The second kappa shape index (κ2) is 5.31. The molecule has 1 fully saturated rings. The van der Waals surface area contributed by atoms with E-state index in [0.29, 0.717) is 6.04 Å². The molecule has 6 heteroatoms. The van der Waals surface area contributed by atoms with Gasteiger partial charge >= 0.3 is 7.12 Å². The highest BCUT2D eigenvalue weighted by atomic mass is 16.7. The molecule has 0 aliphatic carbocycles. The van der Waals surface area contributed by atoms with E-state index in [1.807, 2.05) is 6.33 Å². The number of imidazole rings is 1. The van der Waals surface area contributed by atoms with Crippen molar-refractivity contribution in [3.8, 4) is 0 Å². The summed E-state index contributed by atoms with van der Waals surface area (Å²) in [6, 6.07) is 2.40. The first-order valence-electron chi connectivity index (χ1n) is 8.38. The first-order chi connectivity index (χ1) is 10.7. The van der Waals surface area contributed by atoms with Crippen LogP contribution >= 0.6 is 0 Å². The fourth-order valence-electron chi connectivity index (χ4n) is 2.84. The van der Waals surface area contributed by atoms with Crippen LogP contribution in [0.15, 0.2) is 12.4 Å². The van der Waals surface area contributed by atoms with Gasteiger partial charge in [0.1, 0.15) is 5.52 Å². The molecule has 3 heterocycles. The Hall–Kier alpha value is -1.40. The van der Waals surface area contributed by atoms with E-state index in [1.165, 1.54) is 0 Å². The summed E-state index contributed by atoms with van der Waals surface area (Å²) in [5.41, 5.74) is 3.12. The molecular formula is C17H26BN3O2. The predicted molar refractivity (Wildman–Crippen MR) is 93.0 cm³/mol. The zero-order chi connectivity index (χ0) is 17.0. The highest BCUT2D eigenvalue weighted by Crippen LogP contribution is 2.36. The van der Waals surface area contributed by atoms with Crippen LogP contribution in [0.3, 0.4) is 0 Å². The molecule has 1 aliphatic heterocycles. The van der Waals surface area contributed by atoms with Crippen LogP contribution < -0.4 is 5.46 Å². The summed E-state index contributed by atoms with van der Waals surface area (Å²) in [4.78, 5) is 9.36. The molecule has 0 radical (unpaired) electrons. The average molecular weight is 315 g/mol. The van der Waals surface area contributed by atoms with Crippen molar-refractivity contribution in [1.82, 2.24) is 14.5 Å².